The van der Waals surface area contributed by atoms with Crippen LogP contribution in [-0.2, 0) is 7.05 Å². The van der Waals surface area contributed by atoms with Crippen molar-refractivity contribution in [2.45, 2.75) is 13.8 Å². The van der Waals surface area contributed by atoms with Gasteiger partial charge in [-0.05, 0) is 32.1 Å². The zero-order valence-electron chi connectivity index (χ0n) is 8.77. The van der Waals surface area contributed by atoms with Crippen LogP contribution in [0.4, 0.5) is 0 Å². The molecular weight excluding hydrogens is 210 g/mol. The first kappa shape index (κ1) is 9.97. The first-order valence-corrected chi connectivity index (χ1v) is 4.93. The maximum atomic E-state index is 5.06. The van der Waals surface area contributed by atoms with E-state index in [2.05, 4.69) is 20.4 Å². The number of aryl methyl sites for hydroxylation is 2. The van der Waals surface area contributed by atoms with E-state index in [1.54, 1.807) is 0 Å². The highest BCUT2D eigenvalue weighted by atomic mass is 32.1. The molecule has 0 radical (unpaired) electrons. The van der Waals surface area contributed by atoms with Crippen LogP contribution in [0.5, 0.6) is 0 Å². The molecule has 6 heteroatoms. The van der Waals surface area contributed by atoms with Gasteiger partial charge >= 0.3 is 0 Å². The molecule has 0 aliphatic rings. The average Bonchev–Trinajstić information content (AvgIpc) is 2.52. The molecule has 0 spiro atoms. The number of rotatable bonds is 1. The fourth-order valence-electron chi connectivity index (χ4n) is 1.36. The molecule has 2 heterocycles. The van der Waals surface area contributed by atoms with E-state index in [0.29, 0.717) is 4.77 Å². The molecule has 2 aromatic heterocycles. The fourth-order valence-corrected chi connectivity index (χ4v) is 1.50. The third kappa shape index (κ3) is 1.68. The van der Waals surface area contributed by atoms with E-state index >= 15 is 0 Å². The topological polar surface area (TPSA) is 59.4 Å². The summed E-state index contributed by atoms with van der Waals surface area (Å²) in [7, 11) is 1.87. The predicted molar refractivity (Wildman–Crippen MR) is 58.9 cm³/mol. The van der Waals surface area contributed by atoms with Crippen molar-refractivity contribution in [1.82, 2.24) is 25.0 Å². The third-order valence-corrected chi connectivity index (χ3v) is 2.59. The Balaban J connectivity index is 2.68. The van der Waals surface area contributed by atoms with Crippen molar-refractivity contribution in [2.24, 2.45) is 7.05 Å². The Bertz CT molecular complexity index is 554. The summed E-state index contributed by atoms with van der Waals surface area (Å²) in [6, 6.07) is 1.95. The van der Waals surface area contributed by atoms with Crippen LogP contribution in [0, 0.1) is 18.6 Å². The molecular formula is C9H11N5S. The molecule has 0 aromatic carbocycles. The van der Waals surface area contributed by atoms with Gasteiger partial charge in [0.2, 0.25) is 0 Å². The second-order valence-electron chi connectivity index (χ2n) is 3.40. The molecule has 0 saturated carbocycles. The highest BCUT2D eigenvalue weighted by molar-refractivity contribution is 7.71. The Morgan fingerprint density at radius 2 is 2.07 bits per heavy atom. The van der Waals surface area contributed by atoms with Gasteiger partial charge in [-0.2, -0.15) is 15.3 Å². The summed E-state index contributed by atoms with van der Waals surface area (Å²) in [5.74, 6) is 0.788. The maximum absolute atomic E-state index is 5.06. The smallest absolute Gasteiger partial charge is 0.195 e. The van der Waals surface area contributed by atoms with Gasteiger partial charge in [0.1, 0.15) is 0 Å². The normalized spacial score (nSPS) is 10.6. The van der Waals surface area contributed by atoms with Gasteiger partial charge in [-0.25, -0.2) is 0 Å². The zero-order valence-corrected chi connectivity index (χ0v) is 9.59. The van der Waals surface area contributed by atoms with Gasteiger partial charge < -0.3 is 4.57 Å². The number of H-pyrrole nitrogens is 1. The molecule has 5 nitrogen and oxygen atoms in total. The number of hydrogen-bond acceptors (Lipinski definition) is 4. The van der Waals surface area contributed by atoms with E-state index in [1.807, 2.05) is 31.5 Å². The van der Waals surface area contributed by atoms with Crippen molar-refractivity contribution < 1.29 is 0 Å². The number of nitrogens with one attached hydrogen (secondary N) is 1. The third-order valence-electron chi connectivity index (χ3n) is 2.22. The monoisotopic (exact) mass is 221 g/mol. The maximum Gasteiger partial charge on any atom is 0.195 e. The van der Waals surface area contributed by atoms with E-state index in [0.717, 1.165) is 22.8 Å². The summed E-state index contributed by atoms with van der Waals surface area (Å²) in [6.07, 6.45) is 0. The van der Waals surface area contributed by atoms with E-state index in [4.69, 9.17) is 12.2 Å². The molecule has 0 fully saturated rings. The minimum Gasteiger partial charge on any atom is -0.303 e. The summed E-state index contributed by atoms with van der Waals surface area (Å²) in [6.45, 7) is 3.80. The lowest BCUT2D eigenvalue weighted by molar-refractivity contribution is 0.887. The van der Waals surface area contributed by atoms with Crippen molar-refractivity contribution >= 4 is 12.2 Å². The van der Waals surface area contributed by atoms with Gasteiger partial charge in [0.15, 0.2) is 10.6 Å². The molecule has 15 heavy (non-hydrogen) atoms. The van der Waals surface area contributed by atoms with Crippen molar-refractivity contribution in [3.05, 3.63) is 22.2 Å². The molecule has 0 saturated heterocycles. The van der Waals surface area contributed by atoms with Gasteiger partial charge in [-0.15, -0.1) is 0 Å². The Kier molecular flexibility index (Phi) is 2.36. The summed E-state index contributed by atoms with van der Waals surface area (Å²) in [5, 5.41) is 14.9. The van der Waals surface area contributed by atoms with Gasteiger partial charge in [-0.1, -0.05) is 0 Å². The SMILES string of the molecule is Cc1cc(-c2n[nH]c(=S)n2C)c(C)nn1. The van der Waals surface area contributed by atoms with Crippen LogP contribution in [0.15, 0.2) is 6.07 Å². The van der Waals surface area contributed by atoms with Crippen LogP contribution in [0.1, 0.15) is 11.4 Å². The number of aromatic amines is 1. The van der Waals surface area contributed by atoms with E-state index in [-0.39, 0.29) is 0 Å². The molecule has 0 aliphatic heterocycles. The Morgan fingerprint density at radius 3 is 2.67 bits per heavy atom. The second-order valence-corrected chi connectivity index (χ2v) is 3.78. The predicted octanol–water partition coefficient (Wildman–Crippen LogP) is 1.55. The number of nitrogens with zero attached hydrogens (tertiary/aromatic N) is 4. The molecule has 0 aliphatic carbocycles. The Hall–Kier alpha value is -1.56. The van der Waals surface area contributed by atoms with Gasteiger partial charge in [0.25, 0.3) is 0 Å². The van der Waals surface area contributed by atoms with E-state index in [9.17, 15) is 0 Å². The molecule has 0 bridgehead atoms. The molecule has 78 valence electrons. The van der Waals surface area contributed by atoms with Gasteiger partial charge in [0, 0.05) is 12.6 Å². The van der Waals surface area contributed by atoms with E-state index < -0.39 is 0 Å². The van der Waals surface area contributed by atoms with Gasteiger partial charge in [-0.3, -0.25) is 5.10 Å². The largest absolute Gasteiger partial charge is 0.303 e. The van der Waals surface area contributed by atoms with Gasteiger partial charge in [0.05, 0.1) is 11.4 Å². The quantitative estimate of drug-likeness (QED) is 0.742. The molecule has 2 rings (SSSR count). The van der Waals surface area contributed by atoms with Crippen LogP contribution in [0.25, 0.3) is 11.4 Å². The van der Waals surface area contributed by atoms with Crippen molar-refractivity contribution in [3.63, 3.8) is 0 Å². The first-order chi connectivity index (χ1) is 7.09. The van der Waals surface area contributed by atoms with Crippen LogP contribution < -0.4 is 0 Å². The highest BCUT2D eigenvalue weighted by Crippen LogP contribution is 2.19. The molecule has 0 atom stereocenters. The van der Waals surface area contributed by atoms with Crippen molar-refractivity contribution in [2.75, 3.05) is 0 Å². The average molecular weight is 221 g/mol. The van der Waals surface area contributed by atoms with Crippen molar-refractivity contribution in [3.8, 4) is 11.4 Å². The standard InChI is InChI=1S/C9H11N5S/c1-5-4-7(6(2)11-10-5)8-12-13-9(15)14(8)3/h4H,1-3H3,(H,13,15). The fraction of sp³-hybridized carbons (Fsp3) is 0.333. The molecule has 0 amide bonds. The van der Waals surface area contributed by atoms with Crippen LogP contribution in [0.2, 0.25) is 0 Å². The minimum atomic E-state index is 0.596. The minimum absolute atomic E-state index is 0.596. The zero-order chi connectivity index (χ0) is 11.0. The Labute approximate surface area is 92.2 Å². The second kappa shape index (κ2) is 3.54. The van der Waals surface area contributed by atoms with Crippen LogP contribution >= 0.6 is 12.2 Å². The van der Waals surface area contributed by atoms with Crippen LogP contribution in [-0.4, -0.2) is 25.0 Å². The van der Waals surface area contributed by atoms with Crippen LogP contribution in [0.3, 0.4) is 0 Å². The lowest BCUT2D eigenvalue weighted by Crippen LogP contribution is -1.99. The molecule has 1 N–H and O–H groups in total. The lowest BCUT2D eigenvalue weighted by Gasteiger charge is -2.03. The summed E-state index contributed by atoms with van der Waals surface area (Å²) in [4.78, 5) is 0. The lowest BCUT2D eigenvalue weighted by atomic mass is 10.2. The summed E-state index contributed by atoms with van der Waals surface area (Å²) in [5.41, 5.74) is 2.67. The summed E-state index contributed by atoms with van der Waals surface area (Å²) >= 11 is 5.06. The molecule has 2 aromatic rings. The Morgan fingerprint density at radius 1 is 1.33 bits per heavy atom. The number of aromatic nitrogens is 5. The van der Waals surface area contributed by atoms with E-state index in [1.165, 1.54) is 0 Å². The molecule has 0 unspecified atom stereocenters. The van der Waals surface area contributed by atoms with Crippen molar-refractivity contribution in [1.29, 1.82) is 0 Å². The highest BCUT2D eigenvalue weighted by Gasteiger charge is 2.10. The number of hydrogen-bond donors (Lipinski definition) is 1. The summed E-state index contributed by atoms with van der Waals surface area (Å²) < 4.78 is 2.41. The first-order valence-electron chi connectivity index (χ1n) is 4.52.